The van der Waals surface area contributed by atoms with Gasteiger partial charge < -0.3 is 19.7 Å². The van der Waals surface area contributed by atoms with E-state index >= 15 is 0 Å². The number of methoxy groups -OCH3 is 2. The van der Waals surface area contributed by atoms with Crippen LogP contribution in [0.5, 0.6) is 11.5 Å². The molecule has 0 fully saturated rings. The number of benzene rings is 2. The highest BCUT2D eigenvalue weighted by atomic mass is 16.5. The first-order valence-electron chi connectivity index (χ1n) is 9.95. The van der Waals surface area contributed by atoms with Crippen LogP contribution < -0.4 is 15.2 Å². The van der Waals surface area contributed by atoms with Crippen LogP contribution in [0.4, 0.5) is 0 Å². The quantitative estimate of drug-likeness (QED) is 0.591. The average Bonchev–Trinajstić information content (AvgIpc) is 3.24. The van der Waals surface area contributed by atoms with Crippen LogP contribution in [0.3, 0.4) is 0 Å². The SMILES string of the molecule is CCC(N)C(=O)Cc1cc(-c2cnoc2-c2cc(C)c(C)c(OC)c2)ccc1OC. The molecule has 0 saturated heterocycles. The van der Waals surface area contributed by atoms with Crippen molar-refractivity contribution in [3.63, 3.8) is 0 Å². The number of rotatable bonds is 8. The van der Waals surface area contributed by atoms with Crippen LogP contribution >= 0.6 is 0 Å². The Morgan fingerprint density at radius 2 is 1.83 bits per heavy atom. The summed E-state index contributed by atoms with van der Waals surface area (Å²) in [5.41, 5.74) is 11.5. The van der Waals surface area contributed by atoms with Crippen LogP contribution in [0.25, 0.3) is 22.5 Å². The molecule has 1 heterocycles. The number of nitrogens with zero attached hydrogens (tertiary/aromatic N) is 1. The minimum Gasteiger partial charge on any atom is -0.496 e. The highest BCUT2D eigenvalue weighted by molar-refractivity contribution is 5.87. The standard InChI is InChI=1S/C24H28N2O4/c1-6-20(25)21(27)11-17-10-16(7-8-22(17)28-4)19-13-26-30-24(19)18-9-14(2)15(3)23(12-18)29-5/h7-10,12-13,20H,6,11,25H2,1-5H3. The molecular weight excluding hydrogens is 380 g/mol. The van der Waals surface area contributed by atoms with E-state index in [0.717, 1.165) is 39.1 Å². The lowest BCUT2D eigenvalue weighted by Gasteiger charge is -2.13. The van der Waals surface area contributed by atoms with Crippen molar-refractivity contribution < 1.29 is 18.8 Å². The molecule has 0 aliphatic rings. The van der Waals surface area contributed by atoms with Crippen molar-refractivity contribution in [2.24, 2.45) is 5.73 Å². The highest BCUT2D eigenvalue weighted by Gasteiger charge is 2.19. The van der Waals surface area contributed by atoms with E-state index in [1.54, 1.807) is 20.4 Å². The summed E-state index contributed by atoms with van der Waals surface area (Å²) in [5, 5.41) is 4.02. The van der Waals surface area contributed by atoms with E-state index in [4.69, 9.17) is 19.7 Å². The van der Waals surface area contributed by atoms with Crippen molar-refractivity contribution in [2.75, 3.05) is 14.2 Å². The summed E-state index contributed by atoms with van der Waals surface area (Å²) < 4.78 is 16.6. The van der Waals surface area contributed by atoms with Gasteiger partial charge in [-0.05, 0) is 61.2 Å². The Labute approximate surface area is 177 Å². The Kier molecular flexibility index (Phi) is 6.57. The molecule has 3 rings (SSSR count). The third-order valence-electron chi connectivity index (χ3n) is 5.48. The van der Waals surface area contributed by atoms with Gasteiger partial charge in [-0.2, -0.15) is 0 Å². The molecule has 0 saturated carbocycles. The Hall–Kier alpha value is -3.12. The molecule has 2 N–H and O–H groups in total. The molecule has 0 aliphatic carbocycles. The molecule has 1 aromatic heterocycles. The number of nitrogens with two attached hydrogens (primary N) is 1. The number of aryl methyl sites for hydroxylation is 1. The number of ether oxygens (including phenoxy) is 2. The monoisotopic (exact) mass is 408 g/mol. The molecule has 0 aliphatic heterocycles. The maximum absolute atomic E-state index is 12.4. The lowest BCUT2D eigenvalue weighted by Crippen LogP contribution is -2.30. The summed E-state index contributed by atoms with van der Waals surface area (Å²) in [6, 6.07) is 9.24. The summed E-state index contributed by atoms with van der Waals surface area (Å²) in [6.07, 6.45) is 2.50. The number of aromatic nitrogens is 1. The number of carbonyl (C=O) groups is 1. The molecule has 6 heteroatoms. The fourth-order valence-electron chi connectivity index (χ4n) is 3.45. The van der Waals surface area contributed by atoms with E-state index in [2.05, 4.69) is 11.2 Å². The zero-order chi connectivity index (χ0) is 21.8. The molecule has 0 spiro atoms. The van der Waals surface area contributed by atoms with E-state index in [0.29, 0.717) is 17.9 Å². The summed E-state index contributed by atoms with van der Waals surface area (Å²) in [5.74, 6) is 2.07. The van der Waals surface area contributed by atoms with Crippen LogP contribution in [0.15, 0.2) is 41.1 Å². The van der Waals surface area contributed by atoms with Gasteiger partial charge in [0.1, 0.15) is 11.5 Å². The molecule has 158 valence electrons. The van der Waals surface area contributed by atoms with Crippen molar-refractivity contribution in [1.82, 2.24) is 5.16 Å². The summed E-state index contributed by atoms with van der Waals surface area (Å²) in [6.45, 7) is 5.95. The molecule has 0 radical (unpaired) electrons. The van der Waals surface area contributed by atoms with Crippen LogP contribution in [-0.4, -0.2) is 31.2 Å². The smallest absolute Gasteiger partial charge is 0.174 e. The van der Waals surface area contributed by atoms with E-state index in [1.165, 1.54) is 0 Å². The van der Waals surface area contributed by atoms with E-state index < -0.39 is 6.04 Å². The molecule has 1 atom stereocenters. The predicted octanol–water partition coefficient (Wildman–Crippen LogP) is 4.49. The first-order valence-corrected chi connectivity index (χ1v) is 9.95. The second-order valence-corrected chi connectivity index (χ2v) is 7.37. The van der Waals surface area contributed by atoms with Crippen LogP contribution in [0, 0.1) is 13.8 Å². The van der Waals surface area contributed by atoms with Gasteiger partial charge in [0, 0.05) is 23.1 Å². The topological polar surface area (TPSA) is 87.6 Å². The van der Waals surface area contributed by atoms with Crippen LogP contribution in [0.1, 0.15) is 30.0 Å². The van der Waals surface area contributed by atoms with Gasteiger partial charge in [0.2, 0.25) is 0 Å². The maximum atomic E-state index is 12.4. The van der Waals surface area contributed by atoms with Crippen molar-refractivity contribution >= 4 is 5.78 Å². The van der Waals surface area contributed by atoms with E-state index in [1.807, 2.05) is 45.0 Å². The molecule has 6 nitrogen and oxygen atoms in total. The van der Waals surface area contributed by atoms with Gasteiger partial charge in [-0.25, -0.2) is 0 Å². The zero-order valence-corrected chi connectivity index (χ0v) is 18.1. The second kappa shape index (κ2) is 9.13. The first-order chi connectivity index (χ1) is 14.4. The number of ketones is 1. The van der Waals surface area contributed by atoms with Gasteiger partial charge in [0.15, 0.2) is 11.5 Å². The minimum absolute atomic E-state index is 0.0163. The Balaban J connectivity index is 2.05. The predicted molar refractivity (Wildman–Crippen MR) is 117 cm³/mol. The van der Waals surface area contributed by atoms with Gasteiger partial charge in [-0.1, -0.05) is 18.1 Å². The van der Waals surface area contributed by atoms with Gasteiger partial charge in [-0.15, -0.1) is 0 Å². The van der Waals surface area contributed by atoms with Gasteiger partial charge in [-0.3, -0.25) is 4.79 Å². The Morgan fingerprint density at radius 3 is 2.50 bits per heavy atom. The zero-order valence-electron chi connectivity index (χ0n) is 18.1. The van der Waals surface area contributed by atoms with Crippen molar-refractivity contribution in [1.29, 1.82) is 0 Å². The van der Waals surface area contributed by atoms with Crippen LogP contribution in [0.2, 0.25) is 0 Å². The van der Waals surface area contributed by atoms with E-state index in [9.17, 15) is 4.79 Å². The summed E-state index contributed by atoms with van der Waals surface area (Å²) in [4.78, 5) is 12.4. The molecular formula is C24H28N2O4. The normalized spacial score (nSPS) is 11.9. The number of hydrogen-bond acceptors (Lipinski definition) is 6. The van der Waals surface area contributed by atoms with Crippen molar-refractivity contribution in [3.8, 4) is 33.9 Å². The Morgan fingerprint density at radius 1 is 1.10 bits per heavy atom. The van der Waals surface area contributed by atoms with Crippen molar-refractivity contribution in [2.45, 2.75) is 39.7 Å². The summed E-state index contributed by atoms with van der Waals surface area (Å²) in [7, 11) is 3.25. The lowest BCUT2D eigenvalue weighted by molar-refractivity contribution is -0.119. The highest BCUT2D eigenvalue weighted by Crippen LogP contribution is 2.37. The average molecular weight is 408 g/mol. The molecule has 1 unspecified atom stereocenters. The fraction of sp³-hybridized carbons (Fsp3) is 0.333. The maximum Gasteiger partial charge on any atom is 0.174 e. The van der Waals surface area contributed by atoms with Crippen LogP contribution in [-0.2, 0) is 11.2 Å². The molecule has 0 bridgehead atoms. The Bertz CT molecular complexity index is 1060. The van der Waals surface area contributed by atoms with Gasteiger partial charge in [0.05, 0.1) is 26.5 Å². The molecule has 0 amide bonds. The fourth-order valence-corrected chi connectivity index (χ4v) is 3.45. The molecule has 2 aromatic carbocycles. The second-order valence-electron chi connectivity index (χ2n) is 7.37. The summed E-state index contributed by atoms with van der Waals surface area (Å²) >= 11 is 0. The third-order valence-corrected chi connectivity index (χ3v) is 5.48. The minimum atomic E-state index is -0.479. The van der Waals surface area contributed by atoms with Crippen molar-refractivity contribution in [3.05, 3.63) is 53.2 Å². The van der Waals surface area contributed by atoms with Gasteiger partial charge in [0.25, 0.3) is 0 Å². The number of Topliss-reactive ketones (excluding diaryl/α,β-unsaturated/α-hetero) is 1. The number of hydrogen-bond donors (Lipinski definition) is 1. The molecule has 30 heavy (non-hydrogen) atoms. The number of carbonyl (C=O) groups excluding carboxylic acids is 1. The molecule has 3 aromatic rings. The lowest BCUT2D eigenvalue weighted by atomic mass is 9.95. The third kappa shape index (κ3) is 4.24. The largest absolute Gasteiger partial charge is 0.496 e. The van der Waals surface area contributed by atoms with Gasteiger partial charge >= 0.3 is 0 Å². The first kappa shape index (κ1) is 21.6. The van der Waals surface area contributed by atoms with E-state index in [-0.39, 0.29) is 12.2 Å².